The molecular weight excluding hydrogens is 828 g/mol. The smallest absolute Gasteiger partial charge is 0.255 e. The third-order valence-corrected chi connectivity index (χ3v) is 15.8. The maximum atomic E-state index is 16.4. The van der Waals surface area contributed by atoms with Crippen molar-refractivity contribution >= 4 is 46.5 Å². The van der Waals surface area contributed by atoms with Crippen LogP contribution in [0.3, 0.4) is 0 Å². The number of piperidine rings is 3. The van der Waals surface area contributed by atoms with Gasteiger partial charge in [0.05, 0.1) is 24.3 Å². The lowest BCUT2D eigenvalue weighted by atomic mass is 9.64. The summed E-state index contributed by atoms with van der Waals surface area (Å²) in [5.74, 6) is 1.34. The van der Waals surface area contributed by atoms with Gasteiger partial charge in [-0.3, -0.25) is 29.4 Å². The minimum absolute atomic E-state index is 0.000383. The van der Waals surface area contributed by atoms with Crippen LogP contribution in [-0.2, 0) is 20.9 Å². The first kappa shape index (κ1) is 43.3. The Morgan fingerprint density at radius 1 is 0.815 bits per heavy atom. The van der Waals surface area contributed by atoms with Crippen LogP contribution in [0.1, 0.15) is 92.7 Å². The zero-order chi connectivity index (χ0) is 45.0. The molecule has 8 heterocycles. The topological polar surface area (TPSA) is 139 Å². The van der Waals surface area contributed by atoms with Gasteiger partial charge in [-0.05, 0) is 98.7 Å². The predicted molar refractivity (Wildman–Crippen MR) is 244 cm³/mol. The van der Waals surface area contributed by atoms with Gasteiger partial charge in [-0.25, -0.2) is 9.37 Å². The zero-order valence-electron chi connectivity index (χ0n) is 37.9. The highest BCUT2D eigenvalue weighted by molar-refractivity contribution is 6.06. The Labute approximate surface area is 379 Å². The van der Waals surface area contributed by atoms with Crippen molar-refractivity contribution in [1.82, 2.24) is 34.6 Å². The Hall–Kier alpha value is -5.61. The highest BCUT2D eigenvalue weighted by Crippen LogP contribution is 2.58. The summed E-state index contributed by atoms with van der Waals surface area (Å²) < 4.78 is 24.1. The minimum atomic E-state index is -0.685. The maximum absolute atomic E-state index is 16.4. The zero-order valence-corrected chi connectivity index (χ0v) is 37.9. The highest BCUT2D eigenvalue weighted by Gasteiger charge is 2.61. The van der Waals surface area contributed by atoms with Crippen LogP contribution >= 0.6 is 0 Å². The Bertz CT molecular complexity index is 2470. The number of anilines is 3. The van der Waals surface area contributed by atoms with Crippen LogP contribution in [0.5, 0.6) is 5.75 Å². The first-order chi connectivity index (χ1) is 31.6. The molecule has 0 radical (unpaired) electrons. The van der Waals surface area contributed by atoms with E-state index < -0.39 is 17.5 Å². The molecule has 6 aliphatic rings. The molecule has 344 valence electrons. The van der Waals surface area contributed by atoms with Gasteiger partial charge >= 0.3 is 0 Å². The van der Waals surface area contributed by atoms with E-state index in [1.165, 1.54) is 6.33 Å². The number of β-lactam (4-membered cyclic amide) rings is 1. The van der Waals surface area contributed by atoms with Crippen molar-refractivity contribution in [2.24, 2.45) is 17.3 Å². The molecule has 5 fully saturated rings. The standard InChI is InChI=1S/C49H61FN10O5/c1-4-49(5-2)45(59(48(49)64)44-8-6-7-42-51-31-52-60(42)44)37-26-38(50)40(27-41(37)65-3)57-19-15-33(16-20-57)29-55-23-21-54(22-24-55)28-32-13-17-56(18-14-32)35-9-10-36-34(25-35)30-58(47(36)63)39-11-12-43(61)53-46(39)62/h6-10,25-27,31-33,39,45H,4-5,11-24,28-30H2,1-3H3,(H,53,61,62)/t39-,45-/m0/s1. The number of nitrogens with one attached hydrogen (secondary N) is 1. The molecule has 4 aromatic rings. The van der Waals surface area contributed by atoms with Crippen molar-refractivity contribution in [3.8, 4) is 5.75 Å². The quantitative estimate of drug-likeness (QED) is 0.147. The molecule has 15 nitrogen and oxygen atoms in total. The molecule has 1 N–H and O–H groups in total. The Kier molecular flexibility index (Phi) is 11.8. The highest BCUT2D eigenvalue weighted by atomic mass is 19.1. The normalized spacial score (nSPS) is 23.6. The number of pyridine rings is 1. The van der Waals surface area contributed by atoms with Gasteiger partial charge in [-0.1, -0.05) is 19.9 Å². The van der Waals surface area contributed by atoms with E-state index in [1.807, 2.05) is 50.2 Å². The van der Waals surface area contributed by atoms with Crippen molar-refractivity contribution in [2.75, 3.05) is 87.3 Å². The summed E-state index contributed by atoms with van der Waals surface area (Å²) in [4.78, 5) is 68.9. The summed E-state index contributed by atoms with van der Waals surface area (Å²) in [6.45, 7) is 14.5. The number of rotatable bonds is 12. The average Bonchev–Trinajstić information content (AvgIpc) is 3.94. The number of amides is 4. The molecule has 2 aromatic carbocycles. The number of halogens is 1. The molecule has 65 heavy (non-hydrogen) atoms. The molecule has 5 saturated heterocycles. The summed E-state index contributed by atoms with van der Waals surface area (Å²) in [5.41, 5.74) is 3.92. The van der Waals surface area contributed by atoms with Gasteiger partial charge in [0.2, 0.25) is 17.7 Å². The number of imide groups is 1. The fraction of sp³-hybridized carbons (Fsp3) is 0.551. The van der Waals surface area contributed by atoms with Crippen LogP contribution in [0.4, 0.5) is 21.6 Å². The summed E-state index contributed by atoms with van der Waals surface area (Å²) in [6, 6.07) is 14.1. The van der Waals surface area contributed by atoms with Gasteiger partial charge in [0.25, 0.3) is 5.91 Å². The Balaban J connectivity index is 0.694. The third kappa shape index (κ3) is 7.79. The first-order valence-corrected chi connectivity index (χ1v) is 23.8. The van der Waals surface area contributed by atoms with Gasteiger partial charge in [0, 0.05) is 101 Å². The second kappa shape index (κ2) is 17.6. The van der Waals surface area contributed by atoms with Gasteiger partial charge in [0.15, 0.2) is 5.65 Å². The van der Waals surface area contributed by atoms with E-state index in [9.17, 15) is 19.2 Å². The van der Waals surface area contributed by atoms with Crippen LogP contribution in [-0.4, -0.2) is 132 Å². The lowest BCUT2D eigenvalue weighted by Crippen LogP contribution is -2.63. The molecule has 6 aliphatic heterocycles. The van der Waals surface area contributed by atoms with Crippen molar-refractivity contribution in [2.45, 2.75) is 83.8 Å². The number of ether oxygens (including phenoxy) is 1. The number of benzene rings is 2. The first-order valence-electron chi connectivity index (χ1n) is 23.8. The molecule has 16 heteroatoms. The molecule has 0 saturated carbocycles. The van der Waals surface area contributed by atoms with E-state index in [1.54, 1.807) is 27.5 Å². The number of carbonyl (C=O) groups is 4. The lowest BCUT2D eigenvalue weighted by molar-refractivity contribution is -0.141. The van der Waals surface area contributed by atoms with Crippen molar-refractivity contribution < 1.29 is 28.3 Å². The molecule has 0 unspecified atom stereocenters. The summed E-state index contributed by atoms with van der Waals surface area (Å²) in [5, 5.41) is 6.78. The van der Waals surface area contributed by atoms with Gasteiger partial charge in [-0.15, -0.1) is 0 Å². The van der Waals surface area contributed by atoms with E-state index in [2.05, 4.69) is 41.1 Å². The molecule has 10 rings (SSSR count). The van der Waals surface area contributed by atoms with Crippen molar-refractivity contribution in [3.05, 3.63) is 77.4 Å². The Morgan fingerprint density at radius 2 is 1.49 bits per heavy atom. The molecular formula is C49H61FN10O5. The van der Waals surface area contributed by atoms with Crippen molar-refractivity contribution in [1.29, 1.82) is 0 Å². The Morgan fingerprint density at radius 3 is 2.14 bits per heavy atom. The number of carbonyl (C=O) groups excluding carboxylic acids is 4. The second-order valence-corrected chi connectivity index (χ2v) is 19.1. The summed E-state index contributed by atoms with van der Waals surface area (Å²) in [6.07, 6.45) is 7.60. The average molecular weight is 889 g/mol. The largest absolute Gasteiger partial charge is 0.496 e. The van der Waals surface area contributed by atoms with E-state index in [-0.39, 0.29) is 35.9 Å². The number of piperazine rings is 1. The number of aromatic nitrogens is 3. The SMILES string of the molecule is CCC1(CC)C(=O)N(c2cccc3ncnn23)[C@H]1c1cc(F)c(N2CCC(CN3CCN(CC4CCN(c5ccc6c(c5)CN([C@H]5CCC(=O)NC5=O)C6=O)CC4)CC3)CC2)cc1OC. The number of nitrogens with zero attached hydrogens (tertiary/aromatic N) is 9. The van der Waals surface area contributed by atoms with Gasteiger partial charge < -0.3 is 29.2 Å². The molecule has 0 aliphatic carbocycles. The van der Waals surface area contributed by atoms with E-state index >= 15 is 4.39 Å². The fourth-order valence-corrected chi connectivity index (χ4v) is 11.8. The van der Waals surface area contributed by atoms with Crippen LogP contribution in [0.25, 0.3) is 5.65 Å². The maximum Gasteiger partial charge on any atom is 0.255 e. The van der Waals surface area contributed by atoms with Crippen LogP contribution in [0, 0.1) is 23.1 Å². The predicted octanol–water partition coefficient (Wildman–Crippen LogP) is 5.28. The lowest BCUT2D eigenvalue weighted by Gasteiger charge is -2.56. The number of methoxy groups -OCH3 is 1. The van der Waals surface area contributed by atoms with Crippen molar-refractivity contribution in [3.63, 3.8) is 0 Å². The van der Waals surface area contributed by atoms with Gasteiger partial charge in [-0.2, -0.15) is 9.61 Å². The molecule has 2 aromatic heterocycles. The molecule has 4 amide bonds. The number of hydrogen-bond acceptors (Lipinski definition) is 11. The summed E-state index contributed by atoms with van der Waals surface area (Å²) in [7, 11) is 1.63. The number of fused-ring (bicyclic) bond motifs is 2. The van der Waals surface area contributed by atoms with Crippen LogP contribution in [0.15, 0.2) is 54.9 Å². The molecule has 0 spiro atoms. The van der Waals surface area contributed by atoms with E-state index in [0.717, 1.165) is 102 Å². The van der Waals surface area contributed by atoms with Crippen LogP contribution < -0.4 is 24.8 Å². The number of hydrogen-bond donors (Lipinski definition) is 1. The monoisotopic (exact) mass is 888 g/mol. The fourth-order valence-electron chi connectivity index (χ4n) is 11.8. The molecule has 2 atom stereocenters. The van der Waals surface area contributed by atoms with Gasteiger partial charge in [0.1, 0.15) is 29.8 Å². The molecule has 0 bridgehead atoms. The minimum Gasteiger partial charge on any atom is -0.496 e. The van der Waals surface area contributed by atoms with E-state index in [0.29, 0.717) is 71.7 Å². The van der Waals surface area contributed by atoms with E-state index in [4.69, 9.17) is 4.74 Å². The second-order valence-electron chi connectivity index (χ2n) is 19.1. The van der Waals surface area contributed by atoms with Crippen LogP contribution in [0.2, 0.25) is 0 Å². The third-order valence-electron chi connectivity index (χ3n) is 15.8. The summed E-state index contributed by atoms with van der Waals surface area (Å²) >= 11 is 0.